The molecule has 1 atom stereocenters. The van der Waals surface area contributed by atoms with Crippen LogP contribution in [-0.2, 0) is 4.79 Å². The van der Waals surface area contributed by atoms with Gasteiger partial charge in [0, 0.05) is 6.54 Å². The third-order valence-corrected chi connectivity index (χ3v) is 3.91. The molecule has 3 nitrogen and oxygen atoms in total. The van der Waals surface area contributed by atoms with E-state index in [1.54, 1.807) is 0 Å². The highest BCUT2D eigenvalue weighted by Crippen LogP contribution is 2.10. The lowest BCUT2D eigenvalue weighted by molar-refractivity contribution is -0.121. The number of hydrogen-bond donors (Lipinski definition) is 2. The first-order valence-electron chi connectivity index (χ1n) is 8.72. The second-order valence-electron chi connectivity index (χ2n) is 5.92. The maximum Gasteiger partial charge on any atom is 0.221 e. The van der Waals surface area contributed by atoms with Crippen LogP contribution in [0.15, 0.2) is 0 Å². The number of rotatable bonds is 15. The van der Waals surface area contributed by atoms with Crippen LogP contribution in [0.4, 0.5) is 0 Å². The maximum atomic E-state index is 11.4. The molecule has 0 saturated heterocycles. The van der Waals surface area contributed by atoms with Crippen LogP contribution in [0.3, 0.4) is 0 Å². The zero-order chi connectivity index (χ0) is 15.1. The second-order valence-corrected chi connectivity index (χ2v) is 5.92. The zero-order valence-electron chi connectivity index (χ0n) is 13.8. The molecule has 0 aromatic rings. The van der Waals surface area contributed by atoms with Crippen LogP contribution in [-0.4, -0.2) is 19.0 Å². The predicted molar refractivity (Wildman–Crippen MR) is 87.7 cm³/mol. The van der Waals surface area contributed by atoms with E-state index >= 15 is 0 Å². The van der Waals surface area contributed by atoms with E-state index in [2.05, 4.69) is 19.2 Å². The first kappa shape index (κ1) is 19.4. The summed E-state index contributed by atoms with van der Waals surface area (Å²) in [5, 5.41) is 3.40. The molecule has 0 rings (SSSR count). The Kier molecular flexibility index (Phi) is 14.4. The molecule has 0 bridgehead atoms. The smallest absolute Gasteiger partial charge is 0.221 e. The fourth-order valence-corrected chi connectivity index (χ4v) is 2.47. The third kappa shape index (κ3) is 12.5. The molecule has 3 N–H and O–H groups in total. The minimum Gasteiger partial charge on any atom is -0.369 e. The van der Waals surface area contributed by atoms with E-state index in [9.17, 15) is 4.79 Å². The van der Waals surface area contributed by atoms with Crippen molar-refractivity contribution in [1.29, 1.82) is 0 Å². The van der Waals surface area contributed by atoms with Crippen molar-refractivity contribution in [2.45, 2.75) is 84.5 Å². The lowest BCUT2D eigenvalue weighted by Gasteiger charge is -2.14. The van der Waals surface area contributed by atoms with Crippen molar-refractivity contribution in [3.63, 3.8) is 0 Å². The van der Waals surface area contributed by atoms with Gasteiger partial charge in [0.2, 0.25) is 5.91 Å². The van der Waals surface area contributed by atoms with Gasteiger partial charge in [-0.3, -0.25) is 4.79 Å². The first-order chi connectivity index (χ1) is 9.72. The zero-order valence-corrected chi connectivity index (χ0v) is 13.8. The highest BCUT2D eigenvalue weighted by atomic mass is 16.1. The molecule has 0 spiro atoms. The summed E-state index contributed by atoms with van der Waals surface area (Å²) < 4.78 is 0. The topological polar surface area (TPSA) is 55.1 Å². The summed E-state index contributed by atoms with van der Waals surface area (Å²) in [7, 11) is 0. The number of nitrogens with two attached hydrogens (primary N) is 1. The normalized spacial score (nSPS) is 12.5. The molecule has 0 fully saturated rings. The third-order valence-electron chi connectivity index (χ3n) is 3.91. The monoisotopic (exact) mass is 284 g/mol. The van der Waals surface area contributed by atoms with Crippen LogP contribution in [0, 0.1) is 5.92 Å². The molecular formula is C17H36N2O. The van der Waals surface area contributed by atoms with Gasteiger partial charge in [-0.15, -0.1) is 0 Å². The molecule has 0 aliphatic carbocycles. The molecule has 120 valence electrons. The van der Waals surface area contributed by atoms with Gasteiger partial charge in [-0.25, -0.2) is 0 Å². The van der Waals surface area contributed by atoms with Crippen molar-refractivity contribution in [2.75, 3.05) is 13.1 Å². The average Bonchev–Trinajstić information content (AvgIpc) is 2.43. The standard InChI is InChI=1S/C17H36N2O/c1-3-5-7-9-10-12-14-19-15-16(17(18)20)13-11-8-6-4-2/h16,19H,3-15H2,1-2H3,(H2,18,20). The summed E-state index contributed by atoms with van der Waals surface area (Å²) >= 11 is 0. The van der Waals surface area contributed by atoms with E-state index in [1.165, 1.54) is 57.8 Å². The van der Waals surface area contributed by atoms with Crippen molar-refractivity contribution in [1.82, 2.24) is 5.32 Å². The first-order valence-corrected chi connectivity index (χ1v) is 8.72. The SMILES string of the molecule is CCCCCCCCNCC(CCCCCC)C(N)=O. The molecule has 1 amide bonds. The Bertz CT molecular complexity index is 219. The Morgan fingerprint density at radius 3 is 2.05 bits per heavy atom. The maximum absolute atomic E-state index is 11.4. The Morgan fingerprint density at radius 2 is 1.45 bits per heavy atom. The van der Waals surface area contributed by atoms with E-state index in [1.807, 2.05) is 0 Å². The summed E-state index contributed by atoms with van der Waals surface area (Å²) in [6.07, 6.45) is 13.6. The van der Waals surface area contributed by atoms with E-state index in [4.69, 9.17) is 5.73 Å². The van der Waals surface area contributed by atoms with E-state index < -0.39 is 0 Å². The Hall–Kier alpha value is -0.570. The molecule has 3 heteroatoms. The second kappa shape index (κ2) is 14.8. The van der Waals surface area contributed by atoms with Crippen LogP contribution in [0.25, 0.3) is 0 Å². The van der Waals surface area contributed by atoms with Gasteiger partial charge in [0.15, 0.2) is 0 Å². The van der Waals surface area contributed by atoms with Crippen molar-refractivity contribution < 1.29 is 4.79 Å². The Morgan fingerprint density at radius 1 is 0.900 bits per heavy atom. The van der Waals surface area contributed by atoms with Gasteiger partial charge in [0.05, 0.1) is 5.92 Å². The molecular weight excluding hydrogens is 248 g/mol. The largest absolute Gasteiger partial charge is 0.369 e. The quantitative estimate of drug-likeness (QED) is 0.446. The van der Waals surface area contributed by atoms with Crippen molar-refractivity contribution in [3.05, 3.63) is 0 Å². The molecule has 0 aliphatic heterocycles. The van der Waals surface area contributed by atoms with Gasteiger partial charge in [0.25, 0.3) is 0 Å². The van der Waals surface area contributed by atoms with Crippen molar-refractivity contribution >= 4 is 5.91 Å². The number of carbonyl (C=O) groups is 1. The minimum absolute atomic E-state index is 0.0203. The summed E-state index contributed by atoms with van der Waals surface area (Å²) in [5.74, 6) is -0.121. The summed E-state index contributed by atoms with van der Waals surface area (Å²) in [6, 6.07) is 0. The number of unbranched alkanes of at least 4 members (excludes halogenated alkanes) is 8. The average molecular weight is 284 g/mol. The lowest BCUT2D eigenvalue weighted by atomic mass is 10.00. The van der Waals surface area contributed by atoms with E-state index in [-0.39, 0.29) is 11.8 Å². The Balaban J connectivity index is 3.48. The molecule has 0 radical (unpaired) electrons. The van der Waals surface area contributed by atoms with Crippen LogP contribution in [0.2, 0.25) is 0 Å². The molecule has 0 aromatic heterocycles. The summed E-state index contributed by atoms with van der Waals surface area (Å²) in [5.41, 5.74) is 5.47. The fourth-order valence-electron chi connectivity index (χ4n) is 2.47. The van der Waals surface area contributed by atoms with E-state index in [0.29, 0.717) is 0 Å². The van der Waals surface area contributed by atoms with Gasteiger partial charge in [0.1, 0.15) is 0 Å². The van der Waals surface area contributed by atoms with Crippen LogP contribution in [0.1, 0.15) is 84.5 Å². The fraction of sp³-hybridized carbons (Fsp3) is 0.941. The van der Waals surface area contributed by atoms with Crippen LogP contribution in [0.5, 0.6) is 0 Å². The molecule has 1 unspecified atom stereocenters. The number of amides is 1. The van der Waals surface area contributed by atoms with Crippen LogP contribution >= 0.6 is 0 Å². The van der Waals surface area contributed by atoms with Gasteiger partial charge in [-0.05, 0) is 19.4 Å². The lowest BCUT2D eigenvalue weighted by Crippen LogP contribution is -2.33. The van der Waals surface area contributed by atoms with Gasteiger partial charge in [-0.1, -0.05) is 71.6 Å². The molecule has 0 saturated carbocycles. The number of primary amides is 1. The van der Waals surface area contributed by atoms with Crippen molar-refractivity contribution in [3.8, 4) is 0 Å². The van der Waals surface area contributed by atoms with Gasteiger partial charge >= 0.3 is 0 Å². The minimum atomic E-state index is -0.142. The highest BCUT2D eigenvalue weighted by molar-refractivity contribution is 5.76. The number of nitrogens with one attached hydrogen (secondary N) is 1. The highest BCUT2D eigenvalue weighted by Gasteiger charge is 2.13. The van der Waals surface area contributed by atoms with Gasteiger partial charge in [-0.2, -0.15) is 0 Å². The summed E-state index contributed by atoms with van der Waals surface area (Å²) in [6.45, 7) is 6.22. The number of carbonyl (C=O) groups excluding carboxylic acids is 1. The summed E-state index contributed by atoms with van der Waals surface area (Å²) in [4.78, 5) is 11.4. The Labute approximate surface area is 126 Å². The van der Waals surface area contributed by atoms with E-state index in [0.717, 1.165) is 25.9 Å². The molecule has 0 aromatic carbocycles. The predicted octanol–water partition coefficient (Wildman–Crippen LogP) is 4.01. The molecule has 0 heterocycles. The van der Waals surface area contributed by atoms with Gasteiger partial charge < -0.3 is 11.1 Å². The number of hydrogen-bond acceptors (Lipinski definition) is 2. The molecule has 20 heavy (non-hydrogen) atoms. The van der Waals surface area contributed by atoms with Crippen molar-refractivity contribution in [2.24, 2.45) is 11.7 Å². The molecule has 0 aliphatic rings. The van der Waals surface area contributed by atoms with Crippen LogP contribution < -0.4 is 11.1 Å².